The van der Waals surface area contributed by atoms with E-state index in [0.717, 1.165) is 135 Å². The summed E-state index contributed by atoms with van der Waals surface area (Å²) in [7, 11) is 0. The molecule has 7 atom stereocenters. The highest BCUT2D eigenvalue weighted by atomic mass is 16.7. The molecule has 1 saturated heterocycles. The average Bonchev–Trinajstić information content (AvgIpc) is 1.33. The number of ether oxygens (including phenoxy) is 2. The summed E-state index contributed by atoms with van der Waals surface area (Å²) in [5.41, 5.74) is 0. The summed E-state index contributed by atoms with van der Waals surface area (Å²) in [4.78, 5) is 13.1. The Morgan fingerprint density at radius 3 is 1.05 bits per heavy atom. The van der Waals surface area contributed by atoms with Crippen LogP contribution in [0.1, 0.15) is 284 Å². The molecule has 91 heavy (non-hydrogen) atoms. The number of rotatable bonds is 62. The summed E-state index contributed by atoms with van der Waals surface area (Å²) in [6.07, 6.45) is 102. The number of amides is 1. The van der Waals surface area contributed by atoms with Gasteiger partial charge < -0.3 is 40.3 Å². The summed E-state index contributed by atoms with van der Waals surface area (Å²) in [6.45, 7) is 3.64. The molecule has 1 rings (SSSR count). The molecular formula is C82H135NO8. The second-order valence-corrected chi connectivity index (χ2v) is 24.6. The molecule has 0 radical (unpaired) electrons. The minimum absolute atomic E-state index is 0.215. The fourth-order valence-electron chi connectivity index (χ4n) is 10.5. The first-order chi connectivity index (χ1) is 44.8. The van der Waals surface area contributed by atoms with Crippen LogP contribution in [-0.2, 0) is 14.3 Å². The van der Waals surface area contributed by atoms with E-state index in [4.69, 9.17) is 9.47 Å². The van der Waals surface area contributed by atoms with Crippen molar-refractivity contribution in [1.29, 1.82) is 0 Å². The molecule has 516 valence electrons. The predicted molar refractivity (Wildman–Crippen MR) is 391 cm³/mol. The maximum absolute atomic E-state index is 13.1. The van der Waals surface area contributed by atoms with Crippen LogP contribution in [0.4, 0.5) is 0 Å². The molecule has 1 heterocycles. The highest BCUT2D eigenvalue weighted by molar-refractivity contribution is 5.76. The van der Waals surface area contributed by atoms with Crippen LogP contribution in [-0.4, -0.2) is 87.5 Å². The summed E-state index contributed by atoms with van der Waals surface area (Å²) in [5, 5.41) is 54.8. The zero-order chi connectivity index (χ0) is 65.7. The van der Waals surface area contributed by atoms with Crippen molar-refractivity contribution in [2.75, 3.05) is 13.2 Å². The Labute approximate surface area is 558 Å². The molecule has 0 spiro atoms. The number of unbranched alkanes of at least 4 members (excludes halogenated alkanes) is 26. The predicted octanol–water partition coefficient (Wildman–Crippen LogP) is 20.9. The van der Waals surface area contributed by atoms with Gasteiger partial charge in [-0.25, -0.2) is 0 Å². The van der Waals surface area contributed by atoms with Crippen LogP contribution in [0.15, 0.2) is 170 Å². The Morgan fingerprint density at radius 2 is 0.692 bits per heavy atom. The highest BCUT2D eigenvalue weighted by Crippen LogP contribution is 2.23. The van der Waals surface area contributed by atoms with Crippen LogP contribution >= 0.6 is 0 Å². The first kappa shape index (κ1) is 84.6. The summed E-state index contributed by atoms with van der Waals surface area (Å²) in [5.74, 6) is -0.215. The van der Waals surface area contributed by atoms with E-state index in [1.807, 2.05) is 6.08 Å². The number of nitrogens with one attached hydrogen (secondary N) is 1. The van der Waals surface area contributed by atoms with Gasteiger partial charge in [0.1, 0.15) is 24.4 Å². The van der Waals surface area contributed by atoms with Crippen molar-refractivity contribution in [3.05, 3.63) is 170 Å². The summed E-state index contributed by atoms with van der Waals surface area (Å²) in [6, 6.07) is -0.854. The van der Waals surface area contributed by atoms with Crippen molar-refractivity contribution in [3.63, 3.8) is 0 Å². The third-order valence-corrected chi connectivity index (χ3v) is 16.3. The lowest BCUT2D eigenvalue weighted by atomic mass is 9.99. The molecule has 6 N–H and O–H groups in total. The standard InChI is InChI=1S/C82H135NO8/c1-3-5-7-9-11-13-15-17-19-21-23-25-27-29-31-33-34-35-36-37-38-39-40-41-42-44-46-48-50-52-54-56-58-60-62-64-66-68-70-72-78(86)83-75(74-90-82-81(89)80(88)79(87)77(73-84)91-82)76(85)71-69-67-65-63-61-59-57-55-53-51-49-47-45-43-32-30-28-26-24-22-20-18-16-14-12-10-8-6-4-2/h5,7,11,13,17,19,23,25,29,31,34-35,37-38,40-41,44,46,50,52-53,55-56,58,61,63,69,71,75-77,79-82,84-85,87-89H,3-4,6,8-10,12,14-16,18,20-22,24,26-28,30,32-33,36,39,42-43,45,47-49,51,54,57,59-60,62,64-68,70,72-74H2,1-2H3,(H,83,86)/b7-5-,13-11-,19-17-,25-23-,31-29-,35-34-,38-37-,41-40-,46-44-,52-50-,55-53+,58-56-,63-61+,71-69+. The third kappa shape index (κ3) is 56.8. The van der Waals surface area contributed by atoms with Crippen molar-refractivity contribution in [2.45, 2.75) is 326 Å². The Hall–Kier alpha value is -4.45. The molecule has 1 fully saturated rings. The SMILES string of the molecule is CC/C=C\C/C=C\C/C=C\C/C=C\C/C=C\C/C=C\C/C=C\C/C=C\C/C=C\C/C=C\C/C=C\CCCCCCCC(=O)NC(COC1OC(CO)C(O)C(O)C1O)C(O)/C=C/CC/C=C/CC/C=C/CCCCCCCCCCCCCCCCCCCCC. The molecule has 9 nitrogen and oxygen atoms in total. The maximum Gasteiger partial charge on any atom is 0.220 e. The van der Waals surface area contributed by atoms with Crippen molar-refractivity contribution in [2.24, 2.45) is 0 Å². The van der Waals surface area contributed by atoms with E-state index in [1.54, 1.807) is 6.08 Å². The van der Waals surface area contributed by atoms with E-state index in [1.165, 1.54) is 122 Å². The van der Waals surface area contributed by atoms with E-state index in [2.05, 4.69) is 177 Å². The molecule has 7 unspecified atom stereocenters. The molecule has 0 aliphatic carbocycles. The second kappa shape index (κ2) is 68.4. The van der Waals surface area contributed by atoms with Gasteiger partial charge in [-0.3, -0.25) is 4.79 Å². The molecule has 9 heteroatoms. The molecule has 0 aromatic heterocycles. The molecule has 0 aromatic rings. The Kier molecular flexibility index (Phi) is 63.6. The lowest BCUT2D eigenvalue weighted by Gasteiger charge is -2.40. The van der Waals surface area contributed by atoms with E-state index in [0.29, 0.717) is 12.8 Å². The number of allylic oxidation sites excluding steroid dienone is 27. The topological polar surface area (TPSA) is 149 Å². The van der Waals surface area contributed by atoms with Crippen LogP contribution in [0.5, 0.6) is 0 Å². The van der Waals surface area contributed by atoms with Gasteiger partial charge in [0.15, 0.2) is 6.29 Å². The molecule has 0 aromatic carbocycles. The highest BCUT2D eigenvalue weighted by Gasteiger charge is 2.44. The van der Waals surface area contributed by atoms with Crippen molar-refractivity contribution < 1.29 is 39.8 Å². The zero-order valence-corrected chi connectivity index (χ0v) is 57.8. The molecule has 1 amide bonds. The van der Waals surface area contributed by atoms with Gasteiger partial charge in [-0.1, -0.05) is 319 Å². The van der Waals surface area contributed by atoms with Gasteiger partial charge >= 0.3 is 0 Å². The number of aliphatic hydroxyl groups excluding tert-OH is 5. The van der Waals surface area contributed by atoms with Gasteiger partial charge in [-0.15, -0.1) is 0 Å². The molecule has 1 aliphatic rings. The van der Waals surface area contributed by atoms with Gasteiger partial charge in [0, 0.05) is 6.42 Å². The van der Waals surface area contributed by atoms with Gasteiger partial charge in [-0.2, -0.15) is 0 Å². The van der Waals surface area contributed by atoms with E-state index < -0.39 is 49.5 Å². The molecule has 0 saturated carbocycles. The Morgan fingerprint density at radius 1 is 0.385 bits per heavy atom. The van der Waals surface area contributed by atoms with Crippen molar-refractivity contribution in [3.8, 4) is 0 Å². The third-order valence-electron chi connectivity index (χ3n) is 16.3. The number of hydrogen-bond donors (Lipinski definition) is 6. The number of hydrogen-bond acceptors (Lipinski definition) is 8. The Balaban J connectivity index is 2.21. The van der Waals surface area contributed by atoms with E-state index >= 15 is 0 Å². The quantitative estimate of drug-likeness (QED) is 0.0261. The van der Waals surface area contributed by atoms with Crippen molar-refractivity contribution >= 4 is 5.91 Å². The van der Waals surface area contributed by atoms with Gasteiger partial charge in [-0.05, 0) is 128 Å². The fraction of sp³-hybridized carbons (Fsp3) is 0.646. The van der Waals surface area contributed by atoms with Crippen LogP contribution in [0, 0.1) is 0 Å². The second-order valence-electron chi connectivity index (χ2n) is 24.6. The minimum Gasteiger partial charge on any atom is -0.394 e. The normalized spacial score (nSPS) is 18.8. The minimum atomic E-state index is -1.59. The zero-order valence-electron chi connectivity index (χ0n) is 57.8. The van der Waals surface area contributed by atoms with Crippen LogP contribution in [0.3, 0.4) is 0 Å². The molecular weight excluding hydrogens is 1130 g/mol. The van der Waals surface area contributed by atoms with Crippen LogP contribution in [0.25, 0.3) is 0 Å². The molecule has 0 bridgehead atoms. The van der Waals surface area contributed by atoms with Crippen molar-refractivity contribution in [1.82, 2.24) is 5.32 Å². The van der Waals surface area contributed by atoms with E-state index in [9.17, 15) is 30.3 Å². The average molecular weight is 1260 g/mol. The largest absolute Gasteiger partial charge is 0.394 e. The smallest absolute Gasteiger partial charge is 0.220 e. The monoisotopic (exact) mass is 1260 g/mol. The first-order valence-corrected chi connectivity index (χ1v) is 36.9. The van der Waals surface area contributed by atoms with Gasteiger partial charge in [0.2, 0.25) is 5.91 Å². The summed E-state index contributed by atoms with van der Waals surface area (Å²) < 4.78 is 11.3. The van der Waals surface area contributed by atoms with Crippen LogP contribution < -0.4 is 5.32 Å². The Bertz CT molecular complexity index is 2050. The number of aliphatic hydroxyl groups is 5. The lowest BCUT2D eigenvalue weighted by Crippen LogP contribution is -2.60. The lowest BCUT2D eigenvalue weighted by molar-refractivity contribution is -0.302. The van der Waals surface area contributed by atoms with Gasteiger partial charge in [0.05, 0.1) is 25.4 Å². The van der Waals surface area contributed by atoms with Crippen LogP contribution in [0.2, 0.25) is 0 Å². The van der Waals surface area contributed by atoms with Gasteiger partial charge in [0.25, 0.3) is 0 Å². The first-order valence-electron chi connectivity index (χ1n) is 36.9. The fourth-order valence-corrected chi connectivity index (χ4v) is 10.5. The number of carbonyl (C=O) groups excluding carboxylic acids is 1. The number of carbonyl (C=O) groups is 1. The molecule has 1 aliphatic heterocycles. The maximum atomic E-state index is 13.1. The summed E-state index contributed by atoms with van der Waals surface area (Å²) >= 11 is 0. The van der Waals surface area contributed by atoms with E-state index in [-0.39, 0.29) is 12.5 Å².